The lowest BCUT2D eigenvalue weighted by Gasteiger charge is -2.16. The van der Waals surface area contributed by atoms with Crippen molar-refractivity contribution in [2.24, 2.45) is 0 Å². The van der Waals surface area contributed by atoms with E-state index in [0.29, 0.717) is 18.5 Å². The Morgan fingerprint density at radius 2 is 1.80 bits per heavy atom. The summed E-state index contributed by atoms with van der Waals surface area (Å²) in [5, 5.41) is 0. The van der Waals surface area contributed by atoms with E-state index in [1.54, 1.807) is 29.2 Å². The molecule has 2 heterocycles. The first-order chi connectivity index (χ1) is 11.9. The number of halogens is 4. The van der Waals surface area contributed by atoms with Gasteiger partial charge in [0.1, 0.15) is 6.67 Å². The summed E-state index contributed by atoms with van der Waals surface area (Å²) in [5.74, 6) is 0.113. The number of carbonyl (C=O) groups is 1. The molecule has 1 aromatic carbocycles. The molecular weight excluding hydrogens is 336 g/mol. The lowest BCUT2D eigenvalue weighted by atomic mass is 10.1. The van der Waals surface area contributed by atoms with Crippen LogP contribution < -0.4 is 0 Å². The van der Waals surface area contributed by atoms with Crippen LogP contribution in [0.1, 0.15) is 29.7 Å². The Kier molecular flexibility index (Phi) is 4.74. The standard InChI is InChI=1S/C18H16F4N2O/c19-10-14-7-8-15(23-17(14)18(20,21)22)13-5-3-12(4-6-13)11-24-9-1-2-16(24)25/h3-8H,1-2,9-11H2. The third kappa shape index (κ3) is 3.81. The first kappa shape index (κ1) is 17.4. The van der Waals surface area contributed by atoms with Crippen molar-refractivity contribution >= 4 is 5.91 Å². The van der Waals surface area contributed by atoms with Gasteiger partial charge in [-0.15, -0.1) is 0 Å². The van der Waals surface area contributed by atoms with Crippen molar-refractivity contribution in [2.75, 3.05) is 6.54 Å². The number of carbonyl (C=O) groups excluding carboxylic acids is 1. The van der Waals surface area contributed by atoms with E-state index >= 15 is 0 Å². The fraction of sp³-hybridized carbons (Fsp3) is 0.333. The van der Waals surface area contributed by atoms with Gasteiger partial charge in [-0.25, -0.2) is 9.37 Å². The van der Waals surface area contributed by atoms with Crippen LogP contribution in [0.2, 0.25) is 0 Å². The molecule has 7 heteroatoms. The summed E-state index contributed by atoms with van der Waals surface area (Å²) in [5.41, 5.74) is -0.129. The van der Waals surface area contributed by atoms with Crippen molar-refractivity contribution < 1.29 is 22.4 Å². The number of alkyl halides is 4. The van der Waals surface area contributed by atoms with E-state index < -0.39 is 24.1 Å². The monoisotopic (exact) mass is 352 g/mol. The van der Waals surface area contributed by atoms with Crippen LogP contribution in [0, 0.1) is 0 Å². The summed E-state index contributed by atoms with van der Waals surface area (Å²) >= 11 is 0. The Bertz CT molecular complexity index is 772. The minimum Gasteiger partial charge on any atom is -0.338 e. The highest BCUT2D eigenvalue weighted by Gasteiger charge is 2.35. The molecule has 0 atom stereocenters. The molecule has 1 fully saturated rings. The number of hydrogen-bond acceptors (Lipinski definition) is 2. The fourth-order valence-corrected chi connectivity index (χ4v) is 2.87. The van der Waals surface area contributed by atoms with Gasteiger partial charge in [0.05, 0.1) is 5.69 Å². The van der Waals surface area contributed by atoms with Gasteiger partial charge < -0.3 is 4.90 Å². The van der Waals surface area contributed by atoms with Gasteiger partial charge in [0, 0.05) is 30.6 Å². The number of rotatable bonds is 4. The Balaban J connectivity index is 1.83. The number of hydrogen-bond donors (Lipinski definition) is 0. The van der Waals surface area contributed by atoms with Crippen LogP contribution >= 0.6 is 0 Å². The number of benzene rings is 1. The number of pyridine rings is 1. The molecule has 2 aromatic rings. The summed E-state index contributed by atoms with van der Waals surface area (Å²) < 4.78 is 51.7. The van der Waals surface area contributed by atoms with Gasteiger partial charge in [-0.3, -0.25) is 4.79 Å². The lowest BCUT2D eigenvalue weighted by Crippen LogP contribution is -2.23. The van der Waals surface area contributed by atoms with Crippen molar-refractivity contribution in [3.8, 4) is 11.3 Å². The predicted octanol–water partition coefficient (Wildman–Crippen LogP) is 4.36. The minimum atomic E-state index is -4.70. The maximum absolute atomic E-state index is 13.0. The first-order valence-corrected chi connectivity index (χ1v) is 7.88. The highest BCUT2D eigenvalue weighted by atomic mass is 19.4. The molecule has 0 N–H and O–H groups in total. The molecule has 0 unspecified atom stereocenters. The van der Waals surface area contributed by atoms with E-state index in [1.165, 1.54) is 6.07 Å². The van der Waals surface area contributed by atoms with Crippen LogP contribution in [0.15, 0.2) is 36.4 Å². The van der Waals surface area contributed by atoms with Crippen LogP contribution in [-0.4, -0.2) is 22.3 Å². The van der Waals surface area contributed by atoms with E-state index in [4.69, 9.17) is 0 Å². The quantitative estimate of drug-likeness (QED) is 0.766. The van der Waals surface area contributed by atoms with Gasteiger partial charge in [-0.05, 0) is 18.1 Å². The zero-order valence-electron chi connectivity index (χ0n) is 13.3. The molecule has 0 radical (unpaired) electrons. The van der Waals surface area contributed by atoms with Crippen LogP contribution in [0.3, 0.4) is 0 Å². The summed E-state index contributed by atoms with van der Waals surface area (Å²) in [4.78, 5) is 17.0. The minimum absolute atomic E-state index is 0.113. The molecule has 1 aliphatic heterocycles. The van der Waals surface area contributed by atoms with E-state index in [1.807, 2.05) is 0 Å². The number of likely N-dealkylation sites (tertiary alicyclic amines) is 1. The molecule has 1 saturated heterocycles. The van der Waals surface area contributed by atoms with Crippen molar-refractivity contribution in [1.82, 2.24) is 9.88 Å². The van der Waals surface area contributed by atoms with Gasteiger partial charge >= 0.3 is 6.18 Å². The maximum atomic E-state index is 13.0. The third-order valence-corrected chi connectivity index (χ3v) is 4.19. The number of amides is 1. The van der Waals surface area contributed by atoms with Gasteiger partial charge in [0.25, 0.3) is 0 Å². The molecule has 25 heavy (non-hydrogen) atoms. The predicted molar refractivity (Wildman–Crippen MR) is 84.1 cm³/mol. The second kappa shape index (κ2) is 6.82. The Labute approximate surface area is 142 Å². The van der Waals surface area contributed by atoms with Gasteiger partial charge in [0.15, 0.2) is 5.69 Å². The summed E-state index contributed by atoms with van der Waals surface area (Å²) in [6, 6.07) is 9.34. The molecule has 0 saturated carbocycles. The second-order valence-corrected chi connectivity index (χ2v) is 5.95. The van der Waals surface area contributed by atoms with E-state index in [2.05, 4.69) is 4.98 Å². The van der Waals surface area contributed by atoms with Crippen molar-refractivity contribution in [3.05, 3.63) is 53.2 Å². The molecule has 1 amide bonds. The SMILES string of the molecule is O=C1CCCN1Cc1ccc(-c2ccc(CF)c(C(F)(F)F)n2)cc1. The molecule has 132 valence electrons. The third-order valence-electron chi connectivity index (χ3n) is 4.19. The normalized spacial score (nSPS) is 15.0. The van der Waals surface area contributed by atoms with Crippen LogP contribution in [0.5, 0.6) is 0 Å². The van der Waals surface area contributed by atoms with Crippen molar-refractivity contribution in [3.63, 3.8) is 0 Å². The average molecular weight is 352 g/mol. The molecule has 0 bridgehead atoms. The van der Waals surface area contributed by atoms with Crippen LogP contribution in [0.4, 0.5) is 17.6 Å². The zero-order chi connectivity index (χ0) is 18.0. The lowest BCUT2D eigenvalue weighted by molar-refractivity contribution is -0.142. The molecular formula is C18H16F4N2O. The number of nitrogens with zero attached hydrogens (tertiary/aromatic N) is 2. The van der Waals surface area contributed by atoms with Crippen LogP contribution in [-0.2, 0) is 24.2 Å². The highest BCUT2D eigenvalue weighted by Crippen LogP contribution is 2.33. The van der Waals surface area contributed by atoms with Crippen molar-refractivity contribution in [1.29, 1.82) is 0 Å². The summed E-state index contributed by atoms with van der Waals surface area (Å²) in [7, 11) is 0. The summed E-state index contributed by atoms with van der Waals surface area (Å²) in [6.45, 7) is -0.00612. The molecule has 3 nitrogen and oxygen atoms in total. The van der Waals surface area contributed by atoms with Crippen molar-refractivity contribution in [2.45, 2.75) is 32.2 Å². The van der Waals surface area contributed by atoms with E-state index in [9.17, 15) is 22.4 Å². The topological polar surface area (TPSA) is 33.2 Å². The van der Waals surface area contributed by atoms with Crippen LogP contribution in [0.25, 0.3) is 11.3 Å². The molecule has 1 aromatic heterocycles. The highest BCUT2D eigenvalue weighted by molar-refractivity contribution is 5.78. The Morgan fingerprint density at radius 3 is 2.36 bits per heavy atom. The number of aromatic nitrogens is 1. The Hall–Kier alpha value is -2.44. The van der Waals surface area contributed by atoms with Gasteiger partial charge in [-0.1, -0.05) is 30.3 Å². The Morgan fingerprint density at radius 1 is 1.08 bits per heavy atom. The fourth-order valence-electron chi connectivity index (χ4n) is 2.87. The average Bonchev–Trinajstić information content (AvgIpc) is 2.99. The van der Waals surface area contributed by atoms with Gasteiger partial charge in [-0.2, -0.15) is 13.2 Å². The smallest absolute Gasteiger partial charge is 0.338 e. The first-order valence-electron chi connectivity index (χ1n) is 7.88. The van der Waals surface area contributed by atoms with E-state index in [-0.39, 0.29) is 11.6 Å². The second-order valence-electron chi connectivity index (χ2n) is 5.95. The maximum Gasteiger partial charge on any atom is 0.433 e. The summed E-state index contributed by atoms with van der Waals surface area (Å²) in [6.07, 6.45) is -3.29. The van der Waals surface area contributed by atoms with E-state index in [0.717, 1.165) is 24.6 Å². The molecule has 1 aliphatic rings. The van der Waals surface area contributed by atoms with Gasteiger partial charge in [0.2, 0.25) is 5.91 Å². The molecule has 0 spiro atoms. The zero-order valence-corrected chi connectivity index (χ0v) is 13.3. The molecule has 3 rings (SSSR count). The largest absolute Gasteiger partial charge is 0.433 e. The molecule has 0 aliphatic carbocycles.